The lowest BCUT2D eigenvalue weighted by molar-refractivity contribution is 0.0739. The summed E-state index contributed by atoms with van der Waals surface area (Å²) in [6.07, 6.45) is 0.822. The highest BCUT2D eigenvalue weighted by Gasteiger charge is 2.18. The zero-order valence-corrected chi connectivity index (χ0v) is 12.7. The quantitative estimate of drug-likeness (QED) is 0.907. The molecule has 0 aromatic heterocycles. The van der Waals surface area contributed by atoms with Gasteiger partial charge < -0.3 is 10.6 Å². The molecule has 0 bridgehead atoms. The van der Waals surface area contributed by atoms with Crippen LogP contribution in [0.15, 0.2) is 24.3 Å². The first kappa shape index (κ1) is 15.7. The van der Waals surface area contributed by atoms with E-state index >= 15 is 0 Å². The number of amides is 1. The van der Waals surface area contributed by atoms with Crippen molar-refractivity contribution in [2.24, 2.45) is 5.73 Å². The predicted octanol–water partition coefficient (Wildman–Crippen LogP) is 2.79. The van der Waals surface area contributed by atoms with E-state index in [0.29, 0.717) is 6.54 Å². The van der Waals surface area contributed by atoms with Gasteiger partial charge in [0.15, 0.2) is 0 Å². The molecule has 106 valence electrons. The van der Waals surface area contributed by atoms with Gasteiger partial charge in [-0.3, -0.25) is 4.79 Å². The van der Waals surface area contributed by atoms with Crippen molar-refractivity contribution in [1.29, 1.82) is 0 Å². The van der Waals surface area contributed by atoms with Crippen LogP contribution in [0, 0.1) is 0 Å². The maximum atomic E-state index is 12.3. The fourth-order valence-corrected chi connectivity index (χ4v) is 1.95. The molecule has 1 atom stereocenters. The molecule has 0 spiro atoms. The number of hydrogen-bond donors (Lipinski definition) is 1. The Balaban J connectivity index is 2.84. The Morgan fingerprint density at radius 2 is 1.79 bits per heavy atom. The zero-order chi connectivity index (χ0) is 14.6. The summed E-state index contributed by atoms with van der Waals surface area (Å²) in [7, 11) is 1.83. The topological polar surface area (TPSA) is 46.3 Å². The van der Waals surface area contributed by atoms with E-state index < -0.39 is 0 Å². The maximum absolute atomic E-state index is 12.3. The van der Waals surface area contributed by atoms with Crippen molar-refractivity contribution in [3.05, 3.63) is 35.4 Å². The fourth-order valence-electron chi connectivity index (χ4n) is 1.95. The summed E-state index contributed by atoms with van der Waals surface area (Å²) < 4.78 is 0. The maximum Gasteiger partial charge on any atom is 0.253 e. The van der Waals surface area contributed by atoms with Crippen LogP contribution in [-0.2, 0) is 5.41 Å². The van der Waals surface area contributed by atoms with Gasteiger partial charge in [0.05, 0.1) is 0 Å². The van der Waals surface area contributed by atoms with Crippen molar-refractivity contribution in [3.8, 4) is 0 Å². The highest BCUT2D eigenvalue weighted by atomic mass is 16.2. The summed E-state index contributed by atoms with van der Waals surface area (Å²) in [5.41, 5.74) is 7.62. The number of nitrogens with zero attached hydrogens (tertiary/aromatic N) is 1. The lowest BCUT2D eigenvalue weighted by atomic mass is 9.86. The van der Waals surface area contributed by atoms with Crippen LogP contribution in [0.3, 0.4) is 0 Å². The number of nitrogens with two attached hydrogens (primary N) is 1. The van der Waals surface area contributed by atoms with E-state index in [1.54, 1.807) is 4.90 Å². The van der Waals surface area contributed by atoms with Gasteiger partial charge in [-0.15, -0.1) is 0 Å². The third kappa shape index (κ3) is 4.06. The Morgan fingerprint density at radius 3 is 2.21 bits per heavy atom. The molecule has 0 aliphatic rings. The number of carbonyl (C=O) groups excluding carboxylic acids is 1. The lowest BCUT2D eigenvalue weighted by Gasteiger charge is -2.25. The first-order chi connectivity index (χ1) is 8.77. The van der Waals surface area contributed by atoms with Gasteiger partial charge in [0.1, 0.15) is 0 Å². The van der Waals surface area contributed by atoms with Gasteiger partial charge in [0.2, 0.25) is 0 Å². The minimum Gasteiger partial charge on any atom is -0.339 e. The van der Waals surface area contributed by atoms with Crippen LogP contribution in [0.2, 0.25) is 0 Å². The van der Waals surface area contributed by atoms with Crippen LogP contribution < -0.4 is 5.73 Å². The van der Waals surface area contributed by atoms with Gasteiger partial charge in [0, 0.05) is 18.7 Å². The Kier molecular flexibility index (Phi) is 5.12. The summed E-state index contributed by atoms with van der Waals surface area (Å²) in [4.78, 5) is 14.1. The second kappa shape index (κ2) is 6.20. The van der Waals surface area contributed by atoms with E-state index in [4.69, 9.17) is 5.73 Å². The van der Waals surface area contributed by atoms with Crippen molar-refractivity contribution in [2.75, 3.05) is 13.6 Å². The summed E-state index contributed by atoms with van der Waals surface area (Å²) in [5, 5.41) is 0. The van der Waals surface area contributed by atoms with Gasteiger partial charge >= 0.3 is 0 Å². The first-order valence-corrected chi connectivity index (χ1v) is 6.85. The van der Waals surface area contributed by atoms with Crippen molar-refractivity contribution in [2.45, 2.75) is 45.6 Å². The fraction of sp³-hybridized carbons (Fsp3) is 0.562. The van der Waals surface area contributed by atoms with E-state index in [-0.39, 0.29) is 17.4 Å². The molecule has 1 unspecified atom stereocenters. The van der Waals surface area contributed by atoms with Gasteiger partial charge in [0.25, 0.3) is 5.91 Å². The molecule has 0 heterocycles. The van der Waals surface area contributed by atoms with Gasteiger partial charge in [-0.1, -0.05) is 32.9 Å². The standard InChI is InChI=1S/C16H26N2O/c1-12(10-11-17)18(5)15(19)13-6-8-14(9-7-13)16(2,3)4/h6-9,12H,10-11,17H2,1-5H3. The SMILES string of the molecule is CC(CCN)N(C)C(=O)c1ccc(C(C)(C)C)cc1. The lowest BCUT2D eigenvalue weighted by Crippen LogP contribution is -2.36. The Labute approximate surface area is 116 Å². The molecular formula is C16H26N2O. The minimum atomic E-state index is 0.0569. The molecule has 0 aliphatic heterocycles. The smallest absolute Gasteiger partial charge is 0.253 e. The van der Waals surface area contributed by atoms with Gasteiger partial charge in [-0.2, -0.15) is 0 Å². The molecule has 1 rings (SSSR count). The van der Waals surface area contributed by atoms with Crippen LogP contribution in [-0.4, -0.2) is 30.4 Å². The summed E-state index contributed by atoms with van der Waals surface area (Å²) >= 11 is 0. The van der Waals surface area contributed by atoms with Crippen molar-refractivity contribution in [1.82, 2.24) is 4.90 Å². The number of hydrogen-bond acceptors (Lipinski definition) is 2. The number of benzene rings is 1. The second-order valence-corrected chi connectivity index (χ2v) is 6.17. The van der Waals surface area contributed by atoms with Gasteiger partial charge in [-0.05, 0) is 43.0 Å². The molecule has 3 heteroatoms. The average molecular weight is 262 g/mol. The Bertz CT molecular complexity index is 417. The van der Waals surface area contributed by atoms with E-state index in [0.717, 1.165) is 12.0 Å². The summed E-state index contributed by atoms with van der Waals surface area (Å²) in [5.74, 6) is 0.0569. The third-order valence-electron chi connectivity index (χ3n) is 3.56. The molecule has 1 aromatic carbocycles. The van der Waals surface area contributed by atoms with Crippen LogP contribution >= 0.6 is 0 Å². The van der Waals surface area contributed by atoms with Crippen LogP contribution in [0.25, 0.3) is 0 Å². The van der Waals surface area contributed by atoms with E-state index in [1.165, 1.54) is 5.56 Å². The van der Waals surface area contributed by atoms with Crippen molar-refractivity contribution < 1.29 is 4.79 Å². The molecule has 0 saturated carbocycles. The zero-order valence-electron chi connectivity index (χ0n) is 12.7. The minimum absolute atomic E-state index is 0.0569. The molecule has 0 aliphatic carbocycles. The largest absolute Gasteiger partial charge is 0.339 e. The summed E-state index contributed by atoms with van der Waals surface area (Å²) in [6.45, 7) is 9.12. The second-order valence-electron chi connectivity index (χ2n) is 6.17. The molecule has 19 heavy (non-hydrogen) atoms. The molecule has 2 N–H and O–H groups in total. The normalized spacial score (nSPS) is 13.2. The van der Waals surface area contributed by atoms with Crippen LogP contribution in [0.1, 0.15) is 50.0 Å². The highest BCUT2D eigenvalue weighted by Crippen LogP contribution is 2.22. The molecule has 0 radical (unpaired) electrons. The molecule has 1 aromatic rings. The average Bonchev–Trinajstić information content (AvgIpc) is 2.36. The van der Waals surface area contributed by atoms with E-state index in [2.05, 4.69) is 20.8 Å². The van der Waals surface area contributed by atoms with E-state index in [1.807, 2.05) is 38.2 Å². The van der Waals surface area contributed by atoms with Crippen LogP contribution in [0.5, 0.6) is 0 Å². The van der Waals surface area contributed by atoms with Crippen molar-refractivity contribution in [3.63, 3.8) is 0 Å². The highest BCUT2D eigenvalue weighted by molar-refractivity contribution is 5.94. The van der Waals surface area contributed by atoms with Crippen LogP contribution in [0.4, 0.5) is 0 Å². The number of rotatable bonds is 4. The Morgan fingerprint density at radius 1 is 1.26 bits per heavy atom. The number of carbonyl (C=O) groups is 1. The molecule has 0 saturated heterocycles. The predicted molar refractivity (Wildman–Crippen MR) is 80.4 cm³/mol. The first-order valence-electron chi connectivity index (χ1n) is 6.85. The van der Waals surface area contributed by atoms with Crippen molar-refractivity contribution >= 4 is 5.91 Å². The molecular weight excluding hydrogens is 236 g/mol. The monoisotopic (exact) mass is 262 g/mol. The third-order valence-corrected chi connectivity index (χ3v) is 3.56. The van der Waals surface area contributed by atoms with E-state index in [9.17, 15) is 4.79 Å². The molecule has 0 fully saturated rings. The Hall–Kier alpha value is -1.35. The molecule has 1 amide bonds. The summed E-state index contributed by atoms with van der Waals surface area (Å²) in [6, 6.07) is 8.06. The molecule has 3 nitrogen and oxygen atoms in total. The van der Waals surface area contributed by atoms with Gasteiger partial charge in [-0.25, -0.2) is 0 Å².